The number of hydrogen-bond acceptors (Lipinski definition) is 1. The van der Waals surface area contributed by atoms with Crippen molar-refractivity contribution >= 4 is 6.47 Å². The molecule has 0 rings (SSSR count). The molecule has 0 fully saturated rings. The number of carbonyl (C=O) groups is 1. The molecule has 0 spiro atoms. The predicted octanol–water partition coefficient (Wildman–Crippen LogP) is -1.13. The Morgan fingerprint density at radius 2 is 1.60 bits per heavy atom. The molecule has 4 heteroatoms. The van der Waals surface area contributed by atoms with E-state index in [9.17, 15) is 0 Å². The molecule has 0 aromatic heterocycles. The summed E-state index contributed by atoms with van der Waals surface area (Å²) in [5.41, 5.74) is 0. The third-order valence-electron chi connectivity index (χ3n) is 0. The molecule has 0 aliphatic rings. The van der Waals surface area contributed by atoms with Crippen LogP contribution in [-0.2, 0) is 31.0 Å². The Morgan fingerprint density at radius 1 is 1.60 bits per heavy atom. The second-order valence-electron chi connectivity index (χ2n) is 0.105. The molecule has 30 valence electrons. The first kappa shape index (κ1) is 18.5. The van der Waals surface area contributed by atoms with E-state index in [4.69, 9.17) is 9.90 Å². The van der Waals surface area contributed by atoms with Gasteiger partial charge in [0.1, 0.15) is 0 Å². The largest absolute Gasteiger partial charge is 0.483 e. The van der Waals surface area contributed by atoms with E-state index in [2.05, 4.69) is 0 Å². The zero-order valence-electron chi connectivity index (χ0n) is 2.43. The summed E-state index contributed by atoms with van der Waals surface area (Å²) >= 11 is 0. The molecule has 0 unspecified atom stereocenters. The molecule has 3 N–H and O–H groups in total. The van der Waals surface area contributed by atoms with Gasteiger partial charge < -0.3 is 10.6 Å². The normalized spacial score (nSPS) is 2.40. The Hall–Kier alpha value is 0.313. The summed E-state index contributed by atoms with van der Waals surface area (Å²) in [6.07, 6.45) is 0. The van der Waals surface area contributed by atoms with Crippen LogP contribution in [0, 0.1) is 0 Å². The van der Waals surface area contributed by atoms with Gasteiger partial charge in [-0.3, -0.25) is 4.79 Å². The van der Waals surface area contributed by atoms with Crippen LogP contribution in [0.2, 0.25) is 0 Å². The van der Waals surface area contributed by atoms with Crippen LogP contribution in [0.3, 0.4) is 0 Å². The van der Waals surface area contributed by atoms with Gasteiger partial charge in [0.05, 0.1) is 0 Å². The molecule has 0 saturated heterocycles. The Labute approximate surface area is 48.4 Å². The molecule has 5 heavy (non-hydrogen) atoms. The van der Waals surface area contributed by atoms with Gasteiger partial charge in [-0.25, -0.2) is 0 Å². The maximum absolute atomic E-state index is 8.36. The van der Waals surface area contributed by atoms with E-state index in [1.54, 1.807) is 0 Å². The minimum absolute atomic E-state index is 0. The summed E-state index contributed by atoms with van der Waals surface area (Å²) < 4.78 is 0. The van der Waals surface area contributed by atoms with Crippen molar-refractivity contribution in [2.24, 2.45) is 0 Å². The van der Waals surface area contributed by atoms with Crippen molar-refractivity contribution in [3.63, 3.8) is 0 Å². The SMILES string of the molecule is O.O=CO.[Zr]. The molecule has 0 radical (unpaired) electrons. The first-order chi connectivity index (χ1) is 1.41. The van der Waals surface area contributed by atoms with Gasteiger partial charge in [0.15, 0.2) is 0 Å². The molecule has 0 saturated carbocycles. The third-order valence-corrected chi connectivity index (χ3v) is 0. The van der Waals surface area contributed by atoms with Crippen LogP contribution in [0.4, 0.5) is 0 Å². The number of rotatable bonds is 0. The summed E-state index contributed by atoms with van der Waals surface area (Å²) in [5.74, 6) is 0. The molecule has 3 nitrogen and oxygen atoms in total. The zero-order valence-corrected chi connectivity index (χ0v) is 4.89. The van der Waals surface area contributed by atoms with Crippen LogP contribution in [0.25, 0.3) is 0 Å². The summed E-state index contributed by atoms with van der Waals surface area (Å²) in [6, 6.07) is 0. The Morgan fingerprint density at radius 3 is 1.60 bits per heavy atom. The second kappa shape index (κ2) is 27.5. The molecule has 0 aliphatic heterocycles. The van der Waals surface area contributed by atoms with Gasteiger partial charge in [0.25, 0.3) is 6.47 Å². The van der Waals surface area contributed by atoms with Crippen molar-refractivity contribution in [2.45, 2.75) is 0 Å². The summed E-state index contributed by atoms with van der Waals surface area (Å²) in [4.78, 5) is 8.36. The Kier molecular flexibility index (Phi) is 101. The predicted molar refractivity (Wildman–Crippen MR) is 12.3 cm³/mol. The molecule has 0 heterocycles. The van der Waals surface area contributed by atoms with Gasteiger partial charge in [-0.2, -0.15) is 0 Å². The average molecular weight is 155 g/mol. The summed E-state index contributed by atoms with van der Waals surface area (Å²) in [7, 11) is 0. The van der Waals surface area contributed by atoms with Crippen LogP contribution in [0.15, 0.2) is 0 Å². The molecule has 0 atom stereocenters. The average Bonchev–Trinajstić information content (AvgIpc) is 0.918. The maximum atomic E-state index is 8.36. The standard InChI is InChI=1S/CH2O2.H2O.Zr/c2-1-3;;/h1H,(H,2,3);1H2;. The minimum atomic E-state index is -0.250. The van der Waals surface area contributed by atoms with Gasteiger partial charge in [0, 0.05) is 26.2 Å². The van der Waals surface area contributed by atoms with Crippen LogP contribution in [-0.4, -0.2) is 17.1 Å². The van der Waals surface area contributed by atoms with Crippen molar-refractivity contribution in [1.29, 1.82) is 0 Å². The van der Waals surface area contributed by atoms with E-state index in [1.165, 1.54) is 0 Å². The zero-order chi connectivity index (χ0) is 2.71. The van der Waals surface area contributed by atoms with E-state index in [-0.39, 0.29) is 38.2 Å². The van der Waals surface area contributed by atoms with Gasteiger partial charge in [0.2, 0.25) is 0 Å². The fraction of sp³-hybridized carbons (Fsp3) is 0. The van der Waals surface area contributed by atoms with Crippen LogP contribution >= 0.6 is 0 Å². The van der Waals surface area contributed by atoms with E-state index >= 15 is 0 Å². The topological polar surface area (TPSA) is 68.8 Å². The van der Waals surface area contributed by atoms with Crippen molar-refractivity contribution in [3.05, 3.63) is 0 Å². The number of hydrogen-bond donors (Lipinski definition) is 1. The smallest absolute Gasteiger partial charge is 0.290 e. The van der Waals surface area contributed by atoms with E-state index in [1.807, 2.05) is 0 Å². The van der Waals surface area contributed by atoms with Gasteiger partial charge in [-0.05, 0) is 0 Å². The van der Waals surface area contributed by atoms with Crippen molar-refractivity contribution < 1.29 is 41.6 Å². The Bertz CT molecular complexity index is 14.4. The molecule has 0 aromatic carbocycles. The molecular formula is CH4O3Zr. The second-order valence-corrected chi connectivity index (χ2v) is 0.105. The van der Waals surface area contributed by atoms with Gasteiger partial charge in [-0.1, -0.05) is 0 Å². The molecule has 0 bridgehead atoms. The minimum Gasteiger partial charge on any atom is -0.483 e. The van der Waals surface area contributed by atoms with Crippen LogP contribution in [0.5, 0.6) is 0 Å². The van der Waals surface area contributed by atoms with Gasteiger partial charge in [-0.15, -0.1) is 0 Å². The maximum Gasteiger partial charge on any atom is 0.290 e. The third kappa shape index (κ3) is 235. The molecule has 0 aliphatic carbocycles. The van der Waals surface area contributed by atoms with Crippen molar-refractivity contribution in [2.75, 3.05) is 0 Å². The number of carboxylic acid groups (broad SMARTS) is 1. The van der Waals surface area contributed by atoms with E-state index in [0.717, 1.165) is 0 Å². The first-order valence-electron chi connectivity index (χ1n) is 0.494. The summed E-state index contributed by atoms with van der Waals surface area (Å²) in [6.45, 7) is -0.250. The monoisotopic (exact) mass is 154 g/mol. The van der Waals surface area contributed by atoms with Gasteiger partial charge >= 0.3 is 0 Å². The fourth-order valence-electron chi connectivity index (χ4n) is 0. The van der Waals surface area contributed by atoms with E-state index < -0.39 is 0 Å². The van der Waals surface area contributed by atoms with Crippen molar-refractivity contribution in [1.82, 2.24) is 0 Å². The molecule has 0 aromatic rings. The van der Waals surface area contributed by atoms with Crippen LogP contribution in [0.1, 0.15) is 0 Å². The van der Waals surface area contributed by atoms with Crippen molar-refractivity contribution in [3.8, 4) is 0 Å². The molecular weight excluding hydrogens is 151 g/mol. The van der Waals surface area contributed by atoms with E-state index in [0.29, 0.717) is 0 Å². The Balaban J connectivity index is -0.0000000200. The quantitative estimate of drug-likeness (QED) is 0.450. The first-order valence-corrected chi connectivity index (χ1v) is 0.494. The van der Waals surface area contributed by atoms with Crippen LogP contribution < -0.4 is 0 Å². The fourth-order valence-corrected chi connectivity index (χ4v) is 0. The molecule has 0 amide bonds. The summed E-state index contributed by atoms with van der Waals surface area (Å²) in [5, 5.41) is 6.89.